The number of nitrogens with two attached hydrogens (primary N) is 1. The molecular weight excluding hydrogens is 412 g/mol. The number of thioether (sulfide) groups is 1. The van der Waals surface area contributed by atoms with Gasteiger partial charge in [0.1, 0.15) is 10.8 Å². The number of aromatic nitrogens is 2. The number of anilines is 2. The predicted octanol–water partition coefficient (Wildman–Crippen LogP) is 2.98. The van der Waals surface area contributed by atoms with E-state index in [9.17, 15) is 14.4 Å². The van der Waals surface area contributed by atoms with Gasteiger partial charge < -0.3 is 20.8 Å². The minimum Gasteiger partial charge on any atom is -0.462 e. The topological polar surface area (TPSA) is 127 Å². The SMILES string of the molecule is CCOC(=O)c1c(NC(=O)[C@@H](CC)Sc2nc(N)cc(=O)[nH]2)sc2c1CCCC2. The highest BCUT2D eigenvalue weighted by atomic mass is 32.2. The average molecular weight is 437 g/mol. The van der Waals surface area contributed by atoms with Crippen LogP contribution in [0.25, 0.3) is 0 Å². The number of aryl methyl sites for hydroxylation is 1. The zero-order valence-corrected chi connectivity index (χ0v) is 18.0. The van der Waals surface area contributed by atoms with E-state index >= 15 is 0 Å². The van der Waals surface area contributed by atoms with Crippen molar-refractivity contribution in [3.05, 3.63) is 32.4 Å². The average Bonchev–Trinajstić information content (AvgIpc) is 3.03. The molecule has 1 aliphatic rings. The van der Waals surface area contributed by atoms with Crippen LogP contribution in [0.2, 0.25) is 0 Å². The minimum absolute atomic E-state index is 0.0991. The van der Waals surface area contributed by atoms with E-state index in [1.165, 1.54) is 17.4 Å². The molecule has 29 heavy (non-hydrogen) atoms. The molecule has 0 spiro atoms. The van der Waals surface area contributed by atoms with Crippen molar-refractivity contribution >= 4 is 45.8 Å². The lowest BCUT2D eigenvalue weighted by molar-refractivity contribution is -0.115. The second-order valence-electron chi connectivity index (χ2n) is 6.61. The summed E-state index contributed by atoms with van der Waals surface area (Å²) in [5.74, 6) is -0.557. The van der Waals surface area contributed by atoms with E-state index in [-0.39, 0.29) is 29.0 Å². The van der Waals surface area contributed by atoms with Gasteiger partial charge in [-0.3, -0.25) is 9.59 Å². The van der Waals surface area contributed by atoms with Crippen LogP contribution in [0.1, 0.15) is 53.9 Å². The summed E-state index contributed by atoms with van der Waals surface area (Å²) in [6.45, 7) is 3.91. The molecule has 1 aliphatic carbocycles. The standard InChI is InChI=1S/C19H24N4O4S2/c1-3-11(29-19-21-13(20)9-14(24)22-19)16(25)23-17-15(18(26)27-4-2)10-7-5-6-8-12(10)28-17/h9,11H,3-8H2,1-2H3,(H,23,25)(H3,20,21,22,24)/t11-/m1/s1. The van der Waals surface area contributed by atoms with Gasteiger partial charge in [-0.2, -0.15) is 0 Å². The highest BCUT2D eigenvalue weighted by molar-refractivity contribution is 8.00. The van der Waals surface area contributed by atoms with E-state index in [1.54, 1.807) is 6.92 Å². The lowest BCUT2D eigenvalue weighted by atomic mass is 9.95. The maximum absolute atomic E-state index is 12.9. The maximum atomic E-state index is 12.9. The van der Waals surface area contributed by atoms with Crippen LogP contribution >= 0.6 is 23.1 Å². The van der Waals surface area contributed by atoms with Gasteiger partial charge in [0.15, 0.2) is 5.16 Å². The Labute approximate surface area is 176 Å². The fraction of sp³-hybridized carbons (Fsp3) is 0.474. The zero-order valence-electron chi connectivity index (χ0n) is 16.4. The Morgan fingerprint density at radius 2 is 2.14 bits per heavy atom. The van der Waals surface area contributed by atoms with E-state index in [0.29, 0.717) is 17.0 Å². The van der Waals surface area contributed by atoms with Crippen molar-refractivity contribution in [3.63, 3.8) is 0 Å². The Bertz CT molecular complexity index is 970. The first-order valence-corrected chi connectivity index (χ1v) is 11.3. The number of H-pyrrole nitrogens is 1. The molecule has 156 valence electrons. The van der Waals surface area contributed by atoms with Gasteiger partial charge in [-0.25, -0.2) is 9.78 Å². The van der Waals surface area contributed by atoms with Gasteiger partial charge >= 0.3 is 5.97 Å². The van der Waals surface area contributed by atoms with E-state index in [1.807, 2.05) is 6.92 Å². The molecule has 8 nitrogen and oxygen atoms in total. The summed E-state index contributed by atoms with van der Waals surface area (Å²) in [6.07, 6.45) is 4.32. The number of carbonyl (C=O) groups is 2. The molecule has 2 heterocycles. The molecule has 0 radical (unpaired) electrons. The van der Waals surface area contributed by atoms with Crippen molar-refractivity contribution in [3.8, 4) is 0 Å². The molecule has 0 saturated carbocycles. The Kier molecular flexibility index (Phi) is 6.96. The molecule has 0 bridgehead atoms. The molecule has 3 rings (SSSR count). The Morgan fingerprint density at radius 1 is 1.38 bits per heavy atom. The van der Waals surface area contributed by atoms with Crippen LogP contribution in [0.5, 0.6) is 0 Å². The predicted molar refractivity (Wildman–Crippen MR) is 115 cm³/mol. The number of thiophene rings is 1. The summed E-state index contributed by atoms with van der Waals surface area (Å²) < 4.78 is 5.23. The smallest absolute Gasteiger partial charge is 0.341 e. The first-order valence-electron chi connectivity index (χ1n) is 9.58. The van der Waals surface area contributed by atoms with Crippen LogP contribution in [0.15, 0.2) is 16.0 Å². The third kappa shape index (κ3) is 4.99. The zero-order chi connectivity index (χ0) is 21.0. The lowest BCUT2D eigenvalue weighted by Crippen LogP contribution is -2.26. The quantitative estimate of drug-likeness (QED) is 0.346. The van der Waals surface area contributed by atoms with Gasteiger partial charge in [-0.05, 0) is 44.6 Å². The molecule has 0 fully saturated rings. The van der Waals surface area contributed by atoms with Gasteiger partial charge in [0.2, 0.25) is 5.91 Å². The number of nitrogen functional groups attached to an aromatic ring is 1. The number of nitrogens with one attached hydrogen (secondary N) is 2. The summed E-state index contributed by atoms with van der Waals surface area (Å²) in [5, 5.41) is 3.23. The van der Waals surface area contributed by atoms with E-state index < -0.39 is 11.2 Å². The molecule has 0 aliphatic heterocycles. The number of amides is 1. The van der Waals surface area contributed by atoms with Gasteiger partial charge in [0, 0.05) is 10.9 Å². The Balaban J connectivity index is 1.83. The van der Waals surface area contributed by atoms with Crippen molar-refractivity contribution in [1.82, 2.24) is 9.97 Å². The van der Waals surface area contributed by atoms with E-state index in [2.05, 4.69) is 15.3 Å². The summed E-state index contributed by atoms with van der Waals surface area (Å²) in [4.78, 5) is 44.9. The highest BCUT2D eigenvalue weighted by Gasteiger charge is 2.29. The number of rotatable bonds is 7. The molecule has 1 atom stereocenters. The second-order valence-corrected chi connectivity index (χ2v) is 8.91. The Hall–Kier alpha value is -2.33. The number of ether oxygens (including phenoxy) is 1. The minimum atomic E-state index is -0.505. The van der Waals surface area contributed by atoms with Crippen molar-refractivity contribution < 1.29 is 14.3 Å². The maximum Gasteiger partial charge on any atom is 0.341 e. The fourth-order valence-electron chi connectivity index (χ4n) is 3.23. The number of carbonyl (C=O) groups excluding carboxylic acids is 2. The monoisotopic (exact) mass is 436 g/mol. The van der Waals surface area contributed by atoms with Crippen LogP contribution in [0, 0.1) is 0 Å². The molecule has 10 heteroatoms. The van der Waals surface area contributed by atoms with Crippen molar-refractivity contribution in [2.75, 3.05) is 17.7 Å². The largest absolute Gasteiger partial charge is 0.462 e. The molecule has 4 N–H and O–H groups in total. The number of aromatic amines is 1. The number of esters is 1. The molecule has 2 aromatic heterocycles. The first-order chi connectivity index (χ1) is 13.9. The second kappa shape index (κ2) is 9.45. The van der Waals surface area contributed by atoms with Crippen LogP contribution in [-0.4, -0.2) is 33.7 Å². The van der Waals surface area contributed by atoms with Gasteiger partial charge in [0.05, 0.1) is 17.4 Å². The number of fused-ring (bicyclic) bond motifs is 1. The molecular formula is C19H24N4O4S2. The highest BCUT2D eigenvalue weighted by Crippen LogP contribution is 2.39. The van der Waals surface area contributed by atoms with Gasteiger partial charge in [-0.1, -0.05) is 18.7 Å². The van der Waals surface area contributed by atoms with Gasteiger partial charge in [0.25, 0.3) is 5.56 Å². The van der Waals surface area contributed by atoms with Crippen molar-refractivity contribution in [2.45, 2.75) is 56.4 Å². The summed E-state index contributed by atoms with van der Waals surface area (Å²) >= 11 is 2.58. The number of nitrogens with zero attached hydrogens (tertiary/aromatic N) is 1. The van der Waals surface area contributed by atoms with Crippen molar-refractivity contribution in [2.24, 2.45) is 0 Å². The van der Waals surface area contributed by atoms with Crippen molar-refractivity contribution in [1.29, 1.82) is 0 Å². The fourth-order valence-corrected chi connectivity index (χ4v) is 5.43. The molecule has 2 aromatic rings. The molecule has 0 saturated heterocycles. The van der Waals surface area contributed by atoms with E-state index in [4.69, 9.17) is 10.5 Å². The lowest BCUT2D eigenvalue weighted by Gasteiger charge is -2.15. The van der Waals surface area contributed by atoms with Crippen LogP contribution < -0.4 is 16.6 Å². The molecule has 0 unspecified atom stereocenters. The van der Waals surface area contributed by atoms with Crippen LogP contribution in [0.3, 0.4) is 0 Å². The third-order valence-electron chi connectivity index (χ3n) is 4.54. The Morgan fingerprint density at radius 3 is 2.83 bits per heavy atom. The normalized spacial score (nSPS) is 14.1. The van der Waals surface area contributed by atoms with Crippen LogP contribution in [0.4, 0.5) is 10.8 Å². The summed E-state index contributed by atoms with van der Waals surface area (Å²) in [6, 6.07) is 1.19. The van der Waals surface area contributed by atoms with Crippen LogP contribution in [-0.2, 0) is 22.4 Å². The molecule has 1 amide bonds. The van der Waals surface area contributed by atoms with E-state index in [0.717, 1.165) is 47.9 Å². The summed E-state index contributed by atoms with van der Waals surface area (Å²) in [5.41, 5.74) is 6.73. The van der Waals surface area contributed by atoms with Gasteiger partial charge in [-0.15, -0.1) is 11.3 Å². The molecule has 0 aromatic carbocycles. The summed E-state index contributed by atoms with van der Waals surface area (Å²) in [7, 11) is 0. The third-order valence-corrected chi connectivity index (χ3v) is 7.00. The number of hydrogen-bond donors (Lipinski definition) is 3. The first kappa shape index (κ1) is 21.4. The number of hydrogen-bond acceptors (Lipinski definition) is 8.